The highest BCUT2D eigenvalue weighted by atomic mass is 16.1. The Kier molecular flexibility index (Phi) is 5.46. The van der Waals surface area contributed by atoms with E-state index < -0.39 is 0 Å². The highest BCUT2D eigenvalue weighted by molar-refractivity contribution is 6.10. The van der Waals surface area contributed by atoms with Gasteiger partial charge in [-0.1, -0.05) is 55.8 Å². The molecule has 0 saturated carbocycles. The zero-order chi connectivity index (χ0) is 22.2. The molecule has 2 aromatic heterocycles. The molecule has 0 atom stereocenters. The molecule has 0 spiro atoms. The zero-order valence-corrected chi connectivity index (χ0v) is 19.3. The molecule has 5 rings (SSSR count). The van der Waals surface area contributed by atoms with Crippen molar-refractivity contribution in [1.82, 2.24) is 14.3 Å². The van der Waals surface area contributed by atoms with Gasteiger partial charge in [-0.05, 0) is 55.9 Å². The lowest BCUT2D eigenvalue weighted by atomic mass is 9.94. The summed E-state index contributed by atoms with van der Waals surface area (Å²) in [4.78, 5) is 12.7. The Hall–Kier alpha value is -3.14. The van der Waals surface area contributed by atoms with E-state index in [0.29, 0.717) is 12.2 Å². The van der Waals surface area contributed by atoms with E-state index in [9.17, 15) is 4.79 Å². The standard InChI is InChI=1S/C28H31N3O/c1-4-8-24-19(2)20(3)31(29-24)18-22-15-13-21(14-16-22)17-30-25-10-6-5-9-23(25)28-26(30)11-7-12-27(28)32/h5-6,9-10,13-16H,4,7-8,11-12,17-18H2,1-3H3. The van der Waals surface area contributed by atoms with Crippen molar-refractivity contribution in [2.24, 2.45) is 0 Å². The Balaban J connectivity index is 1.41. The van der Waals surface area contributed by atoms with Crippen LogP contribution in [0.2, 0.25) is 0 Å². The number of hydrogen-bond donors (Lipinski definition) is 0. The van der Waals surface area contributed by atoms with Gasteiger partial charge in [0.05, 0.1) is 12.2 Å². The number of para-hydroxylation sites is 1. The minimum absolute atomic E-state index is 0.295. The predicted octanol–water partition coefficient (Wildman–Crippen LogP) is 6.02. The van der Waals surface area contributed by atoms with E-state index in [0.717, 1.165) is 49.7 Å². The van der Waals surface area contributed by atoms with Crippen LogP contribution in [-0.4, -0.2) is 20.1 Å². The fourth-order valence-corrected chi connectivity index (χ4v) is 5.08. The summed E-state index contributed by atoms with van der Waals surface area (Å²) in [6.07, 6.45) is 4.75. The lowest BCUT2D eigenvalue weighted by Gasteiger charge is -2.16. The van der Waals surface area contributed by atoms with E-state index in [1.807, 2.05) is 6.07 Å². The molecular weight excluding hydrogens is 394 g/mol. The molecule has 32 heavy (non-hydrogen) atoms. The Morgan fingerprint density at radius 2 is 1.66 bits per heavy atom. The summed E-state index contributed by atoms with van der Waals surface area (Å²) >= 11 is 0. The molecule has 4 aromatic rings. The van der Waals surface area contributed by atoms with Crippen molar-refractivity contribution in [1.29, 1.82) is 0 Å². The summed E-state index contributed by atoms with van der Waals surface area (Å²) in [5, 5.41) is 5.96. The molecule has 1 aliphatic rings. The van der Waals surface area contributed by atoms with Crippen LogP contribution in [0.4, 0.5) is 0 Å². The number of fused-ring (bicyclic) bond motifs is 3. The molecule has 0 bridgehead atoms. The van der Waals surface area contributed by atoms with Crippen molar-refractivity contribution in [2.45, 2.75) is 66.0 Å². The molecule has 4 heteroatoms. The molecule has 1 aliphatic carbocycles. The van der Waals surface area contributed by atoms with Gasteiger partial charge in [0.2, 0.25) is 0 Å². The van der Waals surface area contributed by atoms with Crippen molar-refractivity contribution < 1.29 is 4.79 Å². The SMILES string of the molecule is CCCc1nn(Cc2ccc(Cn3c4c(c5ccccc53)C(=O)CCC4)cc2)c(C)c1C. The summed E-state index contributed by atoms with van der Waals surface area (Å²) < 4.78 is 4.49. The average Bonchev–Trinajstić information content (AvgIpc) is 3.26. The van der Waals surface area contributed by atoms with Gasteiger partial charge >= 0.3 is 0 Å². The molecule has 4 nitrogen and oxygen atoms in total. The number of Topliss-reactive ketones (excluding diaryl/α,β-unsaturated/α-hetero) is 1. The monoisotopic (exact) mass is 425 g/mol. The molecule has 164 valence electrons. The Labute approximate surface area is 189 Å². The summed E-state index contributed by atoms with van der Waals surface area (Å²) in [6, 6.07) is 17.2. The van der Waals surface area contributed by atoms with Crippen molar-refractivity contribution in [2.75, 3.05) is 0 Å². The Morgan fingerprint density at radius 1 is 0.938 bits per heavy atom. The van der Waals surface area contributed by atoms with Gasteiger partial charge in [0.1, 0.15) is 0 Å². The van der Waals surface area contributed by atoms with Crippen LogP contribution in [0.15, 0.2) is 48.5 Å². The summed E-state index contributed by atoms with van der Waals surface area (Å²) in [6.45, 7) is 8.14. The van der Waals surface area contributed by atoms with Gasteiger partial charge in [-0.3, -0.25) is 9.48 Å². The van der Waals surface area contributed by atoms with Crippen LogP contribution in [-0.2, 0) is 25.9 Å². The van der Waals surface area contributed by atoms with Gasteiger partial charge in [0, 0.05) is 40.8 Å². The highest BCUT2D eigenvalue weighted by Crippen LogP contribution is 2.32. The van der Waals surface area contributed by atoms with Crippen molar-refractivity contribution in [3.63, 3.8) is 0 Å². The Bertz CT molecular complexity index is 1290. The quantitative estimate of drug-likeness (QED) is 0.379. The van der Waals surface area contributed by atoms with Gasteiger partial charge in [-0.25, -0.2) is 0 Å². The average molecular weight is 426 g/mol. The minimum atomic E-state index is 0.295. The van der Waals surface area contributed by atoms with E-state index in [1.54, 1.807) is 0 Å². The van der Waals surface area contributed by atoms with Crippen LogP contribution in [0.1, 0.15) is 70.3 Å². The van der Waals surface area contributed by atoms with Crippen LogP contribution in [0.3, 0.4) is 0 Å². The zero-order valence-electron chi connectivity index (χ0n) is 19.3. The maximum absolute atomic E-state index is 12.7. The largest absolute Gasteiger partial charge is 0.339 e. The lowest BCUT2D eigenvalue weighted by molar-refractivity contribution is 0.0973. The van der Waals surface area contributed by atoms with E-state index in [4.69, 9.17) is 5.10 Å². The second-order valence-corrected chi connectivity index (χ2v) is 9.08. The molecule has 0 fully saturated rings. The van der Waals surface area contributed by atoms with Crippen LogP contribution < -0.4 is 0 Å². The maximum Gasteiger partial charge on any atom is 0.165 e. The van der Waals surface area contributed by atoms with Gasteiger partial charge in [-0.2, -0.15) is 5.10 Å². The third-order valence-electron chi connectivity index (χ3n) is 6.96. The van der Waals surface area contributed by atoms with Crippen LogP contribution in [0.5, 0.6) is 0 Å². The molecule has 2 aromatic carbocycles. The second kappa shape index (κ2) is 8.42. The number of hydrogen-bond acceptors (Lipinski definition) is 2. The summed E-state index contributed by atoms with van der Waals surface area (Å²) in [5.41, 5.74) is 9.65. The lowest BCUT2D eigenvalue weighted by Crippen LogP contribution is -2.13. The van der Waals surface area contributed by atoms with Crippen molar-refractivity contribution >= 4 is 16.7 Å². The Morgan fingerprint density at radius 3 is 2.41 bits per heavy atom. The molecular formula is C28H31N3O. The van der Waals surface area contributed by atoms with Crippen LogP contribution in [0.25, 0.3) is 10.9 Å². The highest BCUT2D eigenvalue weighted by Gasteiger charge is 2.25. The first-order chi connectivity index (χ1) is 15.6. The van der Waals surface area contributed by atoms with E-state index in [1.165, 1.54) is 39.3 Å². The molecule has 0 saturated heterocycles. The molecule has 2 heterocycles. The molecule has 0 N–H and O–H groups in total. The van der Waals surface area contributed by atoms with E-state index >= 15 is 0 Å². The third-order valence-corrected chi connectivity index (χ3v) is 6.96. The maximum atomic E-state index is 12.7. The van der Waals surface area contributed by atoms with E-state index in [2.05, 4.69) is 72.5 Å². The van der Waals surface area contributed by atoms with Gasteiger partial charge in [-0.15, -0.1) is 0 Å². The topological polar surface area (TPSA) is 39.8 Å². The normalized spacial score (nSPS) is 13.7. The number of aryl methyl sites for hydroxylation is 1. The second-order valence-electron chi connectivity index (χ2n) is 9.08. The molecule has 0 amide bonds. The third kappa shape index (κ3) is 3.58. The summed E-state index contributed by atoms with van der Waals surface area (Å²) in [5.74, 6) is 0.295. The van der Waals surface area contributed by atoms with Gasteiger partial charge in [0.15, 0.2) is 5.78 Å². The predicted molar refractivity (Wildman–Crippen MR) is 130 cm³/mol. The number of aromatic nitrogens is 3. The van der Waals surface area contributed by atoms with Crippen molar-refractivity contribution in [3.8, 4) is 0 Å². The van der Waals surface area contributed by atoms with Gasteiger partial charge < -0.3 is 4.57 Å². The first-order valence-electron chi connectivity index (χ1n) is 11.8. The molecule has 0 aliphatic heterocycles. The van der Waals surface area contributed by atoms with Gasteiger partial charge in [0.25, 0.3) is 0 Å². The fourth-order valence-electron chi connectivity index (χ4n) is 5.08. The number of nitrogens with zero attached hydrogens (tertiary/aromatic N) is 3. The summed E-state index contributed by atoms with van der Waals surface area (Å²) in [7, 11) is 0. The molecule has 0 unspecified atom stereocenters. The van der Waals surface area contributed by atoms with Crippen LogP contribution >= 0.6 is 0 Å². The number of carbonyl (C=O) groups excluding carboxylic acids is 1. The van der Waals surface area contributed by atoms with E-state index in [-0.39, 0.29) is 0 Å². The fraction of sp³-hybridized carbons (Fsp3) is 0.357. The first kappa shape index (κ1) is 20.7. The number of rotatable bonds is 6. The number of ketones is 1. The number of benzene rings is 2. The van der Waals surface area contributed by atoms with Crippen LogP contribution in [0, 0.1) is 13.8 Å². The smallest absolute Gasteiger partial charge is 0.165 e. The molecule has 0 radical (unpaired) electrons. The number of carbonyl (C=O) groups is 1. The van der Waals surface area contributed by atoms with Crippen molar-refractivity contribution in [3.05, 3.63) is 87.9 Å². The minimum Gasteiger partial charge on any atom is -0.339 e. The first-order valence-corrected chi connectivity index (χ1v) is 11.8.